The van der Waals surface area contributed by atoms with E-state index in [-0.39, 0.29) is 23.7 Å². The van der Waals surface area contributed by atoms with Crippen LogP contribution in [0.25, 0.3) is 10.2 Å². The van der Waals surface area contributed by atoms with E-state index in [4.69, 9.17) is 4.74 Å². The normalized spacial score (nSPS) is 20.3. The highest BCUT2D eigenvalue weighted by Gasteiger charge is 2.33. The minimum absolute atomic E-state index is 0.0465. The molecule has 0 unspecified atom stereocenters. The molecule has 1 amide bonds. The van der Waals surface area contributed by atoms with Gasteiger partial charge >= 0.3 is 0 Å². The van der Waals surface area contributed by atoms with Crippen LogP contribution in [0, 0.1) is 11.7 Å². The first kappa shape index (κ1) is 20.5. The Morgan fingerprint density at radius 1 is 1.17 bits per heavy atom. The molecule has 2 saturated heterocycles. The van der Waals surface area contributed by atoms with Crippen molar-refractivity contribution in [2.45, 2.75) is 31.8 Å². The van der Waals surface area contributed by atoms with E-state index in [0.717, 1.165) is 4.70 Å². The minimum atomic E-state index is -3.19. The summed E-state index contributed by atoms with van der Waals surface area (Å²) in [5, 5.41) is 0.461. The van der Waals surface area contributed by atoms with Crippen molar-refractivity contribution in [3.05, 3.63) is 24.0 Å². The average Bonchev–Trinajstić information content (AvgIpc) is 3.11. The highest BCUT2D eigenvalue weighted by Crippen LogP contribution is 2.31. The molecule has 3 heterocycles. The van der Waals surface area contributed by atoms with Crippen LogP contribution in [0.3, 0.4) is 0 Å². The van der Waals surface area contributed by atoms with Crippen LogP contribution in [0.15, 0.2) is 18.2 Å². The molecular formula is C19H24FN3O4S2. The summed E-state index contributed by atoms with van der Waals surface area (Å²) in [5.74, 6) is -0.354. The molecule has 4 rings (SSSR count). The quantitative estimate of drug-likeness (QED) is 0.728. The van der Waals surface area contributed by atoms with Gasteiger partial charge in [0, 0.05) is 44.9 Å². The van der Waals surface area contributed by atoms with Crippen molar-refractivity contribution in [3.8, 4) is 5.19 Å². The summed E-state index contributed by atoms with van der Waals surface area (Å²) in [6.07, 6.45) is 3.70. The van der Waals surface area contributed by atoms with E-state index in [9.17, 15) is 17.6 Å². The van der Waals surface area contributed by atoms with Gasteiger partial charge in [-0.2, -0.15) is 4.98 Å². The second-order valence-corrected chi connectivity index (χ2v) is 10.6. The number of benzene rings is 1. The van der Waals surface area contributed by atoms with Crippen molar-refractivity contribution >= 4 is 37.5 Å². The summed E-state index contributed by atoms with van der Waals surface area (Å²) in [6.45, 7) is 2.02. The van der Waals surface area contributed by atoms with Gasteiger partial charge in [-0.3, -0.25) is 4.79 Å². The average molecular weight is 442 g/mol. The molecule has 2 aromatic rings. The Morgan fingerprint density at radius 2 is 1.86 bits per heavy atom. The van der Waals surface area contributed by atoms with Crippen LogP contribution >= 0.6 is 11.3 Å². The number of nitrogens with zero attached hydrogens (tertiary/aromatic N) is 3. The molecule has 158 valence electrons. The maximum Gasteiger partial charge on any atom is 0.274 e. The van der Waals surface area contributed by atoms with E-state index < -0.39 is 10.0 Å². The number of hydrogen-bond acceptors (Lipinski definition) is 6. The van der Waals surface area contributed by atoms with Crippen LogP contribution in [0.1, 0.15) is 25.7 Å². The van der Waals surface area contributed by atoms with Crippen molar-refractivity contribution in [2.75, 3.05) is 32.4 Å². The Balaban J connectivity index is 1.29. The number of thiazole rings is 1. The molecule has 0 N–H and O–H groups in total. The van der Waals surface area contributed by atoms with Crippen LogP contribution in [0.5, 0.6) is 5.19 Å². The fraction of sp³-hybridized carbons (Fsp3) is 0.579. The van der Waals surface area contributed by atoms with E-state index in [1.165, 1.54) is 28.0 Å². The predicted octanol–water partition coefficient (Wildman–Crippen LogP) is 2.48. The first-order valence-corrected chi connectivity index (χ1v) is 12.4. The molecule has 0 bridgehead atoms. The maximum absolute atomic E-state index is 13.8. The van der Waals surface area contributed by atoms with Gasteiger partial charge in [0.2, 0.25) is 15.9 Å². The summed E-state index contributed by atoms with van der Waals surface area (Å²) in [6, 6.07) is 4.86. The Kier molecular flexibility index (Phi) is 5.76. The van der Waals surface area contributed by atoms with Gasteiger partial charge < -0.3 is 9.64 Å². The molecule has 1 aromatic carbocycles. The monoisotopic (exact) mass is 441 g/mol. The molecule has 0 atom stereocenters. The Hall–Kier alpha value is -1.78. The Morgan fingerprint density at radius 3 is 2.48 bits per heavy atom. The summed E-state index contributed by atoms with van der Waals surface area (Å²) < 4.78 is 45.2. The highest BCUT2D eigenvalue weighted by atomic mass is 32.2. The third-order valence-electron chi connectivity index (χ3n) is 5.64. The van der Waals surface area contributed by atoms with Gasteiger partial charge in [-0.25, -0.2) is 17.1 Å². The maximum atomic E-state index is 13.8. The molecule has 0 radical (unpaired) electrons. The zero-order valence-corrected chi connectivity index (χ0v) is 17.8. The zero-order valence-electron chi connectivity index (χ0n) is 16.2. The number of piperidine rings is 2. The topological polar surface area (TPSA) is 79.8 Å². The SMILES string of the molecule is CS(=O)(=O)N1CCC(C(=O)N2CCC(Oc3nc4c(F)cccc4s3)CC2)CC1. The number of para-hydroxylation sites is 1. The van der Waals surface area contributed by atoms with E-state index in [1.807, 2.05) is 11.0 Å². The summed E-state index contributed by atoms with van der Waals surface area (Å²) in [5.41, 5.74) is 0.334. The van der Waals surface area contributed by atoms with Crippen molar-refractivity contribution in [1.82, 2.24) is 14.2 Å². The number of aromatic nitrogens is 1. The van der Waals surface area contributed by atoms with Gasteiger partial charge in [0.05, 0.1) is 11.0 Å². The standard InChI is InChI=1S/C19H24FN3O4S2/c1-29(25,26)23-11-5-13(6-12-23)18(24)22-9-7-14(8-10-22)27-19-21-17-15(20)3-2-4-16(17)28-19/h2-4,13-14H,5-12H2,1H3. The minimum Gasteiger partial charge on any atom is -0.467 e. The number of sulfonamides is 1. The number of likely N-dealkylation sites (tertiary alicyclic amines) is 1. The summed E-state index contributed by atoms with van der Waals surface area (Å²) in [4.78, 5) is 18.9. The van der Waals surface area contributed by atoms with E-state index in [0.29, 0.717) is 62.6 Å². The summed E-state index contributed by atoms with van der Waals surface area (Å²) >= 11 is 1.33. The summed E-state index contributed by atoms with van der Waals surface area (Å²) in [7, 11) is -3.19. The Bertz CT molecular complexity index is 994. The molecule has 1 aromatic heterocycles. The molecule has 2 fully saturated rings. The van der Waals surface area contributed by atoms with Gasteiger partial charge in [0.15, 0.2) is 0 Å². The lowest BCUT2D eigenvalue weighted by molar-refractivity contribution is -0.138. The number of hydrogen-bond donors (Lipinski definition) is 0. The Labute approximate surface area is 173 Å². The largest absolute Gasteiger partial charge is 0.467 e. The van der Waals surface area contributed by atoms with Crippen LogP contribution in [0.2, 0.25) is 0 Å². The molecule has 0 saturated carbocycles. The molecule has 0 aliphatic carbocycles. The second-order valence-electron chi connectivity index (χ2n) is 7.65. The van der Waals surface area contributed by atoms with Crippen molar-refractivity contribution < 1.29 is 22.3 Å². The van der Waals surface area contributed by atoms with Crippen molar-refractivity contribution in [2.24, 2.45) is 5.92 Å². The zero-order chi connectivity index (χ0) is 20.6. The lowest BCUT2D eigenvalue weighted by Gasteiger charge is -2.36. The van der Waals surface area contributed by atoms with Gasteiger partial charge in [-0.1, -0.05) is 17.4 Å². The third-order valence-corrected chi connectivity index (χ3v) is 7.86. The van der Waals surface area contributed by atoms with Crippen LogP contribution in [-0.2, 0) is 14.8 Å². The second kappa shape index (κ2) is 8.16. The lowest BCUT2D eigenvalue weighted by atomic mass is 9.95. The van der Waals surface area contributed by atoms with E-state index in [2.05, 4.69) is 4.98 Å². The fourth-order valence-electron chi connectivity index (χ4n) is 3.97. The smallest absolute Gasteiger partial charge is 0.274 e. The van der Waals surface area contributed by atoms with Gasteiger partial charge in [0.1, 0.15) is 17.4 Å². The molecule has 2 aliphatic heterocycles. The first-order valence-electron chi connectivity index (χ1n) is 9.77. The molecule has 7 nitrogen and oxygen atoms in total. The molecule has 29 heavy (non-hydrogen) atoms. The van der Waals surface area contributed by atoms with E-state index in [1.54, 1.807) is 6.07 Å². The fourth-order valence-corrected chi connectivity index (χ4v) is 5.74. The van der Waals surface area contributed by atoms with Crippen LogP contribution in [-0.4, -0.2) is 67.1 Å². The number of carbonyl (C=O) groups is 1. The van der Waals surface area contributed by atoms with Gasteiger partial charge in [-0.15, -0.1) is 0 Å². The van der Waals surface area contributed by atoms with Crippen molar-refractivity contribution in [1.29, 1.82) is 0 Å². The van der Waals surface area contributed by atoms with Crippen LogP contribution in [0.4, 0.5) is 4.39 Å². The molecule has 10 heteroatoms. The van der Waals surface area contributed by atoms with Crippen molar-refractivity contribution in [3.63, 3.8) is 0 Å². The van der Waals surface area contributed by atoms with Gasteiger partial charge in [0.25, 0.3) is 5.19 Å². The van der Waals surface area contributed by atoms with E-state index >= 15 is 0 Å². The first-order chi connectivity index (χ1) is 13.8. The lowest BCUT2D eigenvalue weighted by Crippen LogP contribution is -2.47. The van der Waals surface area contributed by atoms with Gasteiger partial charge in [-0.05, 0) is 25.0 Å². The number of halogens is 1. The van der Waals surface area contributed by atoms with Crippen LogP contribution < -0.4 is 4.74 Å². The number of amides is 1. The molecule has 0 spiro atoms. The predicted molar refractivity (Wildman–Crippen MR) is 109 cm³/mol. The number of rotatable bonds is 4. The number of carbonyl (C=O) groups excluding carboxylic acids is 1. The third kappa shape index (κ3) is 4.54. The highest BCUT2D eigenvalue weighted by molar-refractivity contribution is 7.88. The molecular weight excluding hydrogens is 417 g/mol. The molecule has 2 aliphatic rings. The number of ether oxygens (including phenoxy) is 1. The number of fused-ring (bicyclic) bond motifs is 1.